The van der Waals surface area contributed by atoms with Crippen molar-refractivity contribution in [3.8, 4) is 0 Å². The summed E-state index contributed by atoms with van der Waals surface area (Å²) in [5, 5.41) is 0. The van der Waals surface area contributed by atoms with Crippen molar-refractivity contribution in [1.82, 2.24) is 0 Å². The maximum absolute atomic E-state index is 11.6. The first-order valence-electron chi connectivity index (χ1n) is 10.4. The van der Waals surface area contributed by atoms with E-state index in [1.165, 1.54) is 38.4 Å². The van der Waals surface area contributed by atoms with Crippen LogP contribution in [0.5, 0.6) is 0 Å². The van der Waals surface area contributed by atoms with E-state index in [1.807, 2.05) is 0 Å². The van der Waals surface area contributed by atoms with Crippen molar-refractivity contribution in [3.05, 3.63) is 11.6 Å². The number of hydrogen-bond donors (Lipinski definition) is 0. The molecule has 4 aliphatic carbocycles. The second-order valence-corrected chi connectivity index (χ2v) is 9.91. The summed E-state index contributed by atoms with van der Waals surface area (Å²) < 4.78 is 12.0. The third kappa shape index (κ3) is 2.15. The van der Waals surface area contributed by atoms with Crippen LogP contribution in [0.1, 0.15) is 65.2 Å². The van der Waals surface area contributed by atoms with E-state index in [9.17, 15) is 4.79 Å². The molecule has 0 amide bonds. The van der Waals surface area contributed by atoms with Crippen LogP contribution in [0.3, 0.4) is 0 Å². The Morgan fingerprint density at radius 1 is 1.04 bits per heavy atom. The van der Waals surface area contributed by atoms with Gasteiger partial charge in [0.25, 0.3) is 0 Å². The van der Waals surface area contributed by atoms with Gasteiger partial charge in [0.2, 0.25) is 0 Å². The number of carbonyl (C=O) groups is 1. The highest BCUT2D eigenvalue weighted by Gasteiger charge is 2.60. The summed E-state index contributed by atoms with van der Waals surface area (Å²) in [7, 11) is 0. The zero-order valence-electron chi connectivity index (χ0n) is 15.8. The topological polar surface area (TPSA) is 35.5 Å². The van der Waals surface area contributed by atoms with E-state index in [-0.39, 0.29) is 11.2 Å². The molecule has 4 fully saturated rings. The summed E-state index contributed by atoms with van der Waals surface area (Å²) in [5.41, 5.74) is 2.19. The molecule has 1 saturated heterocycles. The highest BCUT2D eigenvalue weighted by molar-refractivity contribution is 5.56. The zero-order valence-corrected chi connectivity index (χ0v) is 15.8. The number of ether oxygens (including phenoxy) is 2. The molecule has 0 aromatic rings. The Hall–Kier alpha value is -0.670. The number of carbonyl (C=O) groups excluding carboxylic acids is 1. The fraction of sp³-hybridized carbons (Fsp3) is 0.864. The summed E-state index contributed by atoms with van der Waals surface area (Å²) in [6.07, 6.45) is 13.2. The first-order chi connectivity index (χ1) is 12.0. The van der Waals surface area contributed by atoms with Crippen molar-refractivity contribution in [2.45, 2.75) is 71.0 Å². The van der Waals surface area contributed by atoms with Crippen LogP contribution in [0, 0.1) is 34.5 Å². The summed E-state index contributed by atoms with van der Waals surface area (Å²) >= 11 is 0. The van der Waals surface area contributed by atoms with Gasteiger partial charge >= 0.3 is 0 Å². The van der Waals surface area contributed by atoms with Gasteiger partial charge in [-0.25, -0.2) is 0 Å². The second-order valence-electron chi connectivity index (χ2n) is 9.91. The molecular weight excluding hydrogens is 312 g/mol. The first-order valence-corrected chi connectivity index (χ1v) is 10.4. The van der Waals surface area contributed by atoms with Crippen molar-refractivity contribution in [2.24, 2.45) is 34.5 Å². The predicted molar refractivity (Wildman–Crippen MR) is 95.9 cm³/mol. The van der Waals surface area contributed by atoms with Gasteiger partial charge in [0.05, 0.1) is 13.2 Å². The van der Waals surface area contributed by atoms with Crippen LogP contribution in [0.2, 0.25) is 0 Å². The van der Waals surface area contributed by atoms with E-state index in [1.54, 1.807) is 5.57 Å². The predicted octanol–water partition coefficient (Wildman–Crippen LogP) is 4.51. The second kappa shape index (κ2) is 5.42. The Morgan fingerprint density at radius 3 is 2.60 bits per heavy atom. The molecule has 0 bridgehead atoms. The van der Waals surface area contributed by atoms with Gasteiger partial charge in [0.15, 0.2) is 5.79 Å². The summed E-state index contributed by atoms with van der Waals surface area (Å²) in [4.78, 5) is 11.6. The van der Waals surface area contributed by atoms with Crippen LogP contribution in [0.25, 0.3) is 0 Å². The fourth-order valence-corrected chi connectivity index (χ4v) is 7.61. The van der Waals surface area contributed by atoms with E-state index in [0.717, 1.165) is 50.2 Å². The Balaban J connectivity index is 1.45. The molecule has 1 aliphatic heterocycles. The largest absolute Gasteiger partial charge is 0.347 e. The minimum Gasteiger partial charge on any atom is -0.347 e. The molecule has 138 valence electrons. The van der Waals surface area contributed by atoms with Gasteiger partial charge in [-0.1, -0.05) is 25.5 Å². The monoisotopic (exact) mass is 344 g/mol. The molecule has 0 N–H and O–H groups in total. The van der Waals surface area contributed by atoms with Crippen molar-refractivity contribution in [3.63, 3.8) is 0 Å². The van der Waals surface area contributed by atoms with Crippen LogP contribution in [-0.2, 0) is 14.3 Å². The van der Waals surface area contributed by atoms with Gasteiger partial charge in [-0.2, -0.15) is 0 Å². The van der Waals surface area contributed by atoms with Gasteiger partial charge < -0.3 is 14.3 Å². The maximum Gasteiger partial charge on any atom is 0.172 e. The molecule has 6 unspecified atom stereocenters. The standard InChI is InChI=1S/C22H32O3/c1-20-8-7-19-17(18(20)6-4-16(20)14-23)5-3-15-13-22(24-11-12-25-22)10-9-21(15,19)2/h3,14,16-19H,4-13H2,1-2H3. The summed E-state index contributed by atoms with van der Waals surface area (Å²) in [6.45, 7) is 6.44. The highest BCUT2D eigenvalue weighted by atomic mass is 16.7. The molecule has 3 nitrogen and oxygen atoms in total. The molecule has 25 heavy (non-hydrogen) atoms. The normalized spacial score (nSPS) is 50.7. The van der Waals surface area contributed by atoms with Crippen LogP contribution < -0.4 is 0 Å². The molecule has 1 heterocycles. The first kappa shape index (κ1) is 16.5. The van der Waals surface area contributed by atoms with E-state index < -0.39 is 0 Å². The Morgan fingerprint density at radius 2 is 1.84 bits per heavy atom. The lowest BCUT2D eigenvalue weighted by Crippen LogP contribution is -2.52. The van der Waals surface area contributed by atoms with Crippen LogP contribution in [0.15, 0.2) is 11.6 Å². The van der Waals surface area contributed by atoms with Gasteiger partial charge in [-0.15, -0.1) is 0 Å². The van der Waals surface area contributed by atoms with Crippen LogP contribution in [0.4, 0.5) is 0 Å². The van der Waals surface area contributed by atoms with E-state index in [4.69, 9.17) is 9.47 Å². The van der Waals surface area contributed by atoms with Gasteiger partial charge in [0, 0.05) is 18.8 Å². The van der Waals surface area contributed by atoms with Gasteiger partial charge in [-0.05, 0) is 67.1 Å². The van der Waals surface area contributed by atoms with E-state index in [2.05, 4.69) is 19.9 Å². The number of hydrogen-bond acceptors (Lipinski definition) is 3. The molecule has 3 saturated carbocycles. The molecule has 0 aromatic heterocycles. The molecule has 6 atom stereocenters. The summed E-state index contributed by atoms with van der Waals surface area (Å²) in [6, 6.07) is 0. The quantitative estimate of drug-likeness (QED) is 0.519. The minimum atomic E-state index is -0.308. The smallest absolute Gasteiger partial charge is 0.172 e. The minimum absolute atomic E-state index is 0.262. The number of rotatable bonds is 1. The van der Waals surface area contributed by atoms with Gasteiger partial charge in [0.1, 0.15) is 6.29 Å². The lowest BCUT2D eigenvalue weighted by Gasteiger charge is -2.58. The van der Waals surface area contributed by atoms with Crippen LogP contribution >= 0.6 is 0 Å². The number of aldehydes is 1. The lowest BCUT2D eigenvalue weighted by molar-refractivity contribution is -0.185. The summed E-state index contributed by atoms with van der Waals surface area (Å²) in [5.74, 6) is 2.29. The molecule has 5 rings (SSSR count). The average molecular weight is 344 g/mol. The number of fused-ring (bicyclic) bond motifs is 5. The average Bonchev–Trinajstić information content (AvgIpc) is 3.19. The van der Waals surface area contributed by atoms with Crippen molar-refractivity contribution in [1.29, 1.82) is 0 Å². The zero-order chi connectivity index (χ0) is 17.3. The third-order valence-corrected chi connectivity index (χ3v) is 9.16. The van der Waals surface area contributed by atoms with Crippen molar-refractivity contribution < 1.29 is 14.3 Å². The number of allylic oxidation sites excluding steroid dienone is 1. The van der Waals surface area contributed by atoms with Crippen LogP contribution in [-0.4, -0.2) is 25.3 Å². The maximum atomic E-state index is 11.6. The molecule has 1 spiro atoms. The molecule has 3 heteroatoms. The van der Waals surface area contributed by atoms with E-state index in [0.29, 0.717) is 11.3 Å². The molecule has 0 aromatic carbocycles. The third-order valence-electron chi connectivity index (χ3n) is 9.16. The SMILES string of the molecule is CC12CCC3(CC1=CCC1C2CCC2(C)C(C=O)CCC12)OCCO3. The molecule has 5 aliphatic rings. The fourth-order valence-electron chi connectivity index (χ4n) is 7.61. The Bertz CT molecular complexity index is 604. The van der Waals surface area contributed by atoms with Crippen molar-refractivity contribution in [2.75, 3.05) is 13.2 Å². The molecular formula is C22H32O3. The van der Waals surface area contributed by atoms with Crippen molar-refractivity contribution >= 4 is 6.29 Å². The van der Waals surface area contributed by atoms with E-state index >= 15 is 0 Å². The molecule has 0 radical (unpaired) electrons. The Kier molecular flexibility index (Phi) is 3.58. The lowest BCUT2D eigenvalue weighted by atomic mass is 9.47. The Labute approximate surface area is 151 Å². The van der Waals surface area contributed by atoms with Gasteiger partial charge in [-0.3, -0.25) is 0 Å². The highest BCUT2D eigenvalue weighted by Crippen LogP contribution is 2.66.